The zero-order chi connectivity index (χ0) is 13.5. The normalized spacial score (nSPS) is 16.3. The van der Waals surface area contributed by atoms with Crippen LogP contribution in [-0.4, -0.2) is 23.0 Å². The molecule has 0 aromatic heterocycles. The van der Waals surface area contributed by atoms with Crippen LogP contribution >= 0.6 is 0 Å². The summed E-state index contributed by atoms with van der Waals surface area (Å²) < 4.78 is 0. The van der Waals surface area contributed by atoms with Crippen LogP contribution in [0.3, 0.4) is 0 Å². The second-order valence-corrected chi connectivity index (χ2v) is 3.56. The minimum Gasteiger partial charge on any atom is -0.311 e. The number of carbonyl (C=O) groups excluding carboxylic acids is 3. The molecule has 1 aliphatic rings. The first-order valence-corrected chi connectivity index (χ1v) is 5.35. The van der Waals surface area contributed by atoms with Gasteiger partial charge in [0.05, 0.1) is 0 Å². The summed E-state index contributed by atoms with van der Waals surface area (Å²) in [7, 11) is 0. The fraction of sp³-hybridized carbons (Fsp3) is 0.250. The molecule has 0 radical (unpaired) electrons. The Balaban J connectivity index is 2.49. The largest absolute Gasteiger partial charge is 0.436 e. The van der Waals surface area contributed by atoms with E-state index in [0.29, 0.717) is 10.8 Å². The number of nitrogens with one attached hydrogen (secondary N) is 1. The van der Waals surface area contributed by atoms with Gasteiger partial charge in [0.15, 0.2) is 0 Å². The van der Waals surface area contributed by atoms with E-state index in [4.69, 9.17) is 0 Å². The summed E-state index contributed by atoms with van der Waals surface area (Å²) >= 11 is 0. The van der Waals surface area contributed by atoms with Crippen LogP contribution < -0.4 is 5.32 Å². The summed E-state index contributed by atoms with van der Waals surface area (Å²) in [6, 6.07) is 0. The molecular weight excluding hydrogens is 236 g/mol. The highest BCUT2D eigenvalue weighted by atomic mass is 16.7. The smallest absolute Gasteiger partial charge is 0.311 e. The fourth-order valence-electron chi connectivity index (χ4n) is 1.24. The van der Waals surface area contributed by atoms with Gasteiger partial charge in [-0.3, -0.25) is 14.9 Å². The van der Waals surface area contributed by atoms with Crippen molar-refractivity contribution in [2.45, 2.75) is 19.8 Å². The lowest BCUT2D eigenvalue weighted by molar-refractivity contribution is -0.171. The van der Waals surface area contributed by atoms with E-state index in [2.05, 4.69) is 16.7 Å². The maximum atomic E-state index is 11.4. The summed E-state index contributed by atoms with van der Waals surface area (Å²) in [4.78, 5) is 38.3. The molecule has 1 N–H and O–H groups in total. The van der Waals surface area contributed by atoms with Gasteiger partial charge in [-0.15, -0.1) is 5.06 Å². The Hall–Kier alpha value is -2.37. The van der Waals surface area contributed by atoms with E-state index in [-0.39, 0.29) is 12.8 Å². The first kappa shape index (κ1) is 13.7. The van der Waals surface area contributed by atoms with E-state index in [9.17, 15) is 14.4 Å². The molecule has 0 unspecified atom stereocenters. The highest BCUT2D eigenvalue weighted by Crippen LogP contribution is 2.12. The fourth-order valence-corrected chi connectivity index (χ4v) is 1.24. The Morgan fingerprint density at radius 1 is 1.33 bits per heavy atom. The number of imide groups is 1. The monoisotopic (exact) mass is 250 g/mol. The summed E-state index contributed by atoms with van der Waals surface area (Å²) in [5.41, 5.74) is 0.511. The van der Waals surface area contributed by atoms with Crippen LogP contribution in [0.15, 0.2) is 36.6 Å². The number of amides is 3. The van der Waals surface area contributed by atoms with E-state index in [1.165, 1.54) is 0 Å². The van der Waals surface area contributed by atoms with E-state index >= 15 is 0 Å². The molecule has 96 valence electrons. The summed E-state index contributed by atoms with van der Waals surface area (Å²) in [6.07, 6.45) is 5.84. The minimum absolute atomic E-state index is 0.0724. The Labute approximate surface area is 105 Å². The molecule has 0 aliphatic carbocycles. The molecule has 1 fully saturated rings. The molecule has 0 spiro atoms. The van der Waals surface area contributed by atoms with Gasteiger partial charge in [0, 0.05) is 18.5 Å². The van der Waals surface area contributed by atoms with Crippen molar-refractivity contribution in [3.05, 3.63) is 36.6 Å². The molecule has 1 aliphatic heterocycles. The predicted octanol–water partition coefficient (Wildman–Crippen LogP) is 1.42. The van der Waals surface area contributed by atoms with E-state index in [0.717, 1.165) is 0 Å². The number of rotatable bonds is 4. The van der Waals surface area contributed by atoms with Crippen molar-refractivity contribution in [1.29, 1.82) is 0 Å². The maximum Gasteiger partial charge on any atom is 0.436 e. The first-order chi connectivity index (χ1) is 8.54. The molecule has 3 amide bonds. The summed E-state index contributed by atoms with van der Waals surface area (Å²) in [5, 5.41) is 2.86. The van der Waals surface area contributed by atoms with E-state index in [1.54, 1.807) is 31.2 Å². The lowest BCUT2D eigenvalue weighted by atomic mass is 10.4. The van der Waals surface area contributed by atoms with Gasteiger partial charge in [-0.1, -0.05) is 24.8 Å². The van der Waals surface area contributed by atoms with Gasteiger partial charge in [0.2, 0.25) is 0 Å². The standard InChI is InChI=1S/C12H14N2O4/c1-3-4-5-6-9(2)13-12(17)18-14-10(15)7-8-11(14)16/h3-6H,1,7-8H2,2H3,(H,13,17)/b5-4-,9-6+. The van der Waals surface area contributed by atoms with Crippen LogP contribution in [0.2, 0.25) is 0 Å². The van der Waals surface area contributed by atoms with Crippen LogP contribution in [-0.2, 0) is 14.4 Å². The first-order valence-electron chi connectivity index (χ1n) is 5.35. The zero-order valence-electron chi connectivity index (χ0n) is 10.0. The third-order valence-electron chi connectivity index (χ3n) is 2.07. The van der Waals surface area contributed by atoms with Crippen LogP contribution in [0.4, 0.5) is 4.79 Å². The van der Waals surface area contributed by atoms with Crippen LogP contribution in [0.25, 0.3) is 0 Å². The SMILES string of the molecule is C=C/C=C\C=C(/C)NC(=O)ON1C(=O)CCC1=O. The Morgan fingerprint density at radius 3 is 2.50 bits per heavy atom. The Morgan fingerprint density at radius 2 is 1.94 bits per heavy atom. The Kier molecular flexibility index (Phi) is 4.86. The second kappa shape index (κ2) is 6.39. The molecule has 18 heavy (non-hydrogen) atoms. The zero-order valence-corrected chi connectivity index (χ0v) is 10.0. The average Bonchev–Trinajstić information content (AvgIpc) is 2.61. The minimum atomic E-state index is -0.876. The number of nitrogens with zero attached hydrogens (tertiary/aromatic N) is 1. The van der Waals surface area contributed by atoms with Crippen molar-refractivity contribution in [2.75, 3.05) is 0 Å². The summed E-state index contributed by atoms with van der Waals surface area (Å²) in [5.74, 6) is -1.02. The maximum absolute atomic E-state index is 11.4. The predicted molar refractivity (Wildman–Crippen MR) is 63.8 cm³/mol. The van der Waals surface area contributed by atoms with Gasteiger partial charge >= 0.3 is 6.09 Å². The topological polar surface area (TPSA) is 75.7 Å². The highest BCUT2D eigenvalue weighted by molar-refractivity contribution is 6.01. The van der Waals surface area contributed by atoms with Crippen molar-refractivity contribution in [1.82, 2.24) is 10.4 Å². The van der Waals surface area contributed by atoms with Crippen molar-refractivity contribution < 1.29 is 19.2 Å². The average molecular weight is 250 g/mol. The second-order valence-electron chi connectivity index (χ2n) is 3.56. The lowest BCUT2D eigenvalue weighted by Gasteiger charge is -2.13. The lowest BCUT2D eigenvalue weighted by Crippen LogP contribution is -2.36. The third-order valence-corrected chi connectivity index (χ3v) is 2.07. The third kappa shape index (κ3) is 3.89. The van der Waals surface area contributed by atoms with Gasteiger partial charge in [-0.2, -0.15) is 0 Å². The van der Waals surface area contributed by atoms with Gasteiger partial charge < -0.3 is 4.84 Å². The van der Waals surface area contributed by atoms with Gasteiger partial charge in [-0.25, -0.2) is 4.79 Å². The van der Waals surface area contributed by atoms with Gasteiger partial charge in [-0.05, 0) is 13.0 Å². The molecule has 6 heteroatoms. The van der Waals surface area contributed by atoms with E-state index < -0.39 is 17.9 Å². The number of hydroxylamine groups is 2. The van der Waals surface area contributed by atoms with E-state index in [1.807, 2.05) is 0 Å². The molecule has 0 atom stereocenters. The number of hydrogen-bond acceptors (Lipinski definition) is 4. The molecule has 0 aromatic rings. The molecule has 6 nitrogen and oxygen atoms in total. The van der Waals surface area contributed by atoms with Crippen LogP contribution in [0, 0.1) is 0 Å². The van der Waals surface area contributed by atoms with Gasteiger partial charge in [0.1, 0.15) is 0 Å². The molecular formula is C12H14N2O4. The number of allylic oxidation sites excluding steroid dienone is 5. The quantitative estimate of drug-likeness (QED) is 0.604. The number of carbonyl (C=O) groups is 3. The van der Waals surface area contributed by atoms with Crippen LogP contribution in [0.5, 0.6) is 0 Å². The Bertz CT molecular complexity index is 421. The van der Waals surface area contributed by atoms with Crippen molar-refractivity contribution in [2.24, 2.45) is 0 Å². The van der Waals surface area contributed by atoms with Crippen molar-refractivity contribution in [3.8, 4) is 0 Å². The van der Waals surface area contributed by atoms with Crippen molar-refractivity contribution >= 4 is 17.9 Å². The molecule has 0 aromatic carbocycles. The van der Waals surface area contributed by atoms with Gasteiger partial charge in [0.25, 0.3) is 11.8 Å². The highest BCUT2D eigenvalue weighted by Gasteiger charge is 2.32. The molecule has 1 heterocycles. The van der Waals surface area contributed by atoms with Crippen molar-refractivity contribution in [3.63, 3.8) is 0 Å². The number of hydrogen-bond donors (Lipinski definition) is 1. The molecule has 1 rings (SSSR count). The summed E-state index contributed by atoms with van der Waals surface area (Å²) in [6.45, 7) is 5.14. The molecule has 1 saturated heterocycles. The van der Waals surface area contributed by atoms with Crippen LogP contribution in [0.1, 0.15) is 19.8 Å². The molecule has 0 bridgehead atoms. The molecule has 0 saturated carbocycles.